The van der Waals surface area contributed by atoms with Crippen molar-refractivity contribution < 1.29 is 39.5 Å². The SMILES string of the molecule is CCc1ccc(C#Cc2cc(C#Cc3ccc(OC)cc3)c(O)c3c2C[C@]2(C)C[C@]4(C)C(C(C)C)C(=O)C(C(C)=O)=C(O)[C@]4(O)C(=O)C2=C3O)cc1. The van der Waals surface area contributed by atoms with Crippen LogP contribution in [0.2, 0.25) is 0 Å². The molecule has 6 rings (SSSR count). The summed E-state index contributed by atoms with van der Waals surface area (Å²) in [6, 6.07) is 16.5. The topological polar surface area (TPSA) is 141 Å². The van der Waals surface area contributed by atoms with Gasteiger partial charge in [0.05, 0.1) is 18.2 Å². The van der Waals surface area contributed by atoms with Crippen molar-refractivity contribution in [3.8, 4) is 35.2 Å². The Kier molecular flexibility index (Phi) is 8.98. The number of rotatable bonds is 4. The number of carbonyl (C=O) groups excluding carboxylic acids is 3. The second-order valence-corrected chi connectivity index (χ2v) is 14.9. The van der Waals surface area contributed by atoms with Gasteiger partial charge in [-0.3, -0.25) is 14.4 Å². The number of methoxy groups -OCH3 is 1. The molecule has 8 heteroatoms. The fraction of sp³-hybridized carbons (Fsp3) is 0.341. The predicted octanol–water partition coefficient (Wildman–Crippen LogP) is 6.56. The van der Waals surface area contributed by atoms with Gasteiger partial charge >= 0.3 is 0 Å². The first-order valence-electron chi connectivity index (χ1n) is 17.4. The zero-order chi connectivity index (χ0) is 37.9. The summed E-state index contributed by atoms with van der Waals surface area (Å²) in [7, 11) is 1.56. The molecule has 8 nitrogen and oxygen atoms in total. The number of carbonyl (C=O) groups is 3. The molecule has 0 radical (unpaired) electrons. The Labute approximate surface area is 303 Å². The number of aryl methyl sites for hydroxylation is 1. The molecule has 3 aliphatic rings. The molecule has 3 aromatic carbocycles. The third kappa shape index (κ3) is 5.41. The first kappa shape index (κ1) is 36.2. The summed E-state index contributed by atoms with van der Waals surface area (Å²) < 4.78 is 5.24. The van der Waals surface area contributed by atoms with E-state index >= 15 is 0 Å². The highest BCUT2D eigenvalue weighted by Crippen LogP contribution is 2.65. The minimum absolute atomic E-state index is 0.0178. The first-order chi connectivity index (χ1) is 24.5. The first-order valence-corrected chi connectivity index (χ1v) is 17.4. The van der Waals surface area contributed by atoms with Crippen molar-refractivity contribution >= 4 is 23.1 Å². The highest BCUT2D eigenvalue weighted by molar-refractivity contribution is 6.24. The molecule has 1 unspecified atom stereocenters. The van der Waals surface area contributed by atoms with Crippen LogP contribution in [0.3, 0.4) is 0 Å². The van der Waals surface area contributed by atoms with Gasteiger partial charge in [-0.2, -0.15) is 0 Å². The van der Waals surface area contributed by atoms with Crippen LogP contribution in [-0.2, 0) is 27.2 Å². The number of hydrogen-bond donors (Lipinski definition) is 4. The number of aliphatic hydroxyl groups excluding tert-OH is 2. The average Bonchev–Trinajstić information content (AvgIpc) is 3.09. The van der Waals surface area contributed by atoms with E-state index in [4.69, 9.17) is 4.74 Å². The zero-order valence-corrected chi connectivity index (χ0v) is 30.4. The number of hydrogen-bond acceptors (Lipinski definition) is 8. The standard InChI is InChI=1S/C44H42O8/c1-8-26-9-11-27(12-10-26)13-17-29-21-30(18-14-28-15-19-31(52-7)20-16-28)37(46)34-32(29)22-42(5)23-43(6)35(24(2)3)38(47)33(25(4)45)40(49)44(43,51)41(50)36(42)39(34)48/h9-12,15-16,19-21,24,35,46,48-49,51H,8,22-23H2,1-7H3/t35?,42-,43-,44+/m1/s1. The third-order valence-corrected chi connectivity index (χ3v) is 11.1. The second-order valence-electron chi connectivity index (χ2n) is 14.9. The van der Waals surface area contributed by atoms with E-state index in [2.05, 4.69) is 30.6 Å². The lowest BCUT2D eigenvalue weighted by atomic mass is 9.43. The number of benzene rings is 3. The molecule has 0 heterocycles. The number of phenols is 1. The van der Waals surface area contributed by atoms with Crippen LogP contribution >= 0.6 is 0 Å². The van der Waals surface area contributed by atoms with Gasteiger partial charge in [-0.05, 0) is 85.7 Å². The lowest BCUT2D eigenvalue weighted by molar-refractivity contribution is -0.178. The summed E-state index contributed by atoms with van der Waals surface area (Å²) >= 11 is 0. The minimum atomic E-state index is -2.70. The van der Waals surface area contributed by atoms with Gasteiger partial charge in [0.15, 0.2) is 17.2 Å². The molecule has 1 fully saturated rings. The molecule has 4 N–H and O–H groups in total. The molecule has 0 saturated heterocycles. The Bertz CT molecular complexity index is 2230. The number of fused-ring (bicyclic) bond motifs is 3. The lowest BCUT2D eigenvalue weighted by Crippen LogP contribution is -2.69. The molecular weight excluding hydrogens is 656 g/mol. The second kappa shape index (κ2) is 12.9. The molecule has 3 aliphatic carbocycles. The zero-order valence-electron chi connectivity index (χ0n) is 30.4. The highest BCUT2D eigenvalue weighted by atomic mass is 16.5. The molecule has 3 aromatic rings. The predicted molar refractivity (Wildman–Crippen MR) is 197 cm³/mol. The molecule has 0 bridgehead atoms. The summed E-state index contributed by atoms with van der Waals surface area (Å²) in [6.45, 7) is 10.1. The summed E-state index contributed by atoms with van der Waals surface area (Å²) in [5, 5.41) is 47.8. The Morgan fingerprint density at radius 3 is 2.04 bits per heavy atom. The number of ether oxygens (including phenoxy) is 1. The van der Waals surface area contributed by atoms with E-state index < -0.39 is 62.7 Å². The summed E-state index contributed by atoms with van der Waals surface area (Å²) in [4.78, 5) is 41.3. The maximum atomic E-state index is 14.8. The Balaban J connectivity index is 1.61. The molecule has 4 atom stereocenters. The van der Waals surface area contributed by atoms with Crippen molar-refractivity contribution in [2.45, 2.75) is 66.4 Å². The maximum Gasteiger partial charge on any atom is 0.203 e. The van der Waals surface area contributed by atoms with Crippen LogP contribution in [0.1, 0.15) is 86.9 Å². The highest BCUT2D eigenvalue weighted by Gasteiger charge is 2.72. The Morgan fingerprint density at radius 2 is 1.50 bits per heavy atom. The van der Waals surface area contributed by atoms with Crippen LogP contribution in [0.4, 0.5) is 0 Å². The number of aliphatic hydroxyl groups is 3. The van der Waals surface area contributed by atoms with Crippen LogP contribution in [0.15, 0.2) is 71.5 Å². The van der Waals surface area contributed by atoms with Crippen molar-refractivity contribution in [1.29, 1.82) is 0 Å². The van der Waals surface area contributed by atoms with Gasteiger partial charge in [0.2, 0.25) is 5.78 Å². The van der Waals surface area contributed by atoms with Crippen LogP contribution in [0, 0.1) is 46.3 Å². The number of allylic oxidation sites excluding steroid dienone is 1. The summed E-state index contributed by atoms with van der Waals surface area (Å²) in [6.07, 6.45) is 0.957. The van der Waals surface area contributed by atoms with Crippen molar-refractivity contribution in [1.82, 2.24) is 0 Å². The summed E-state index contributed by atoms with van der Waals surface area (Å²) in [5.74, 6) is 7.27. The van der Waals surface area contributed by atoms with Crippen LogP contribution in [-0.4, -0.2) is 50.5 Å². The maximum absolute atomic E-state index is 14.8. The van der Waals surface area contributed by atoms with E-state index in [0.717, 1.165) is 24.5 Å². The number of phenolic OH excluding ortho intramolecular Hbond substituents is 1. The van der Waals surface area contributed by atoms with E-state index in [9.17, 15) is 34.8 Å². The molecule has 0 aliphatic heterocycles. The van der Waals surface area contributed by atoms with Gasteiger partial charge in [0.1, 0.15) is 28.6 Å². The minimum Gasteiger partial charge on any atom is -0.508 e. The van der Waals surface area contributed by atoms with Crippen molar-refractivity contribution in [2.75, 3.05) is 7.11 Å². The van der Waals surface area contributed by atoms with E-state index in [-0.39, 0.29) is 35.3 Å². The Hall–Kier alpha value is -5.57. The van der Waals surface area contributed by atoms with Crippen molar-refractivity contribution in [3.63, 3.8) is 0 Å². The fourth-order valence-electron chi connectivity index (χ4n) is 8.77. The van der Waals surface area contributed by atoms with Crippen LogP contribution in [0.5, 0.6) is 11.5 Å². The van der Waals surface area contributed by atoms with Crippen molar-refractivity contribution in [3.05, 3.63) is 110 Å². The van der Waals surface area contributed by atoms with Crippen LogP contribution in [0.25, 0.3) is 5.76 Å². The lowest BCUT2D eigenvalue weighted by Gasteiger charge is -2.59. The number of aromatic hydroxyl groups is 1. The van der Waals surface area contributed by atoms with Gasteiger partial charge in [-0.15, -0.1) is 0 Å². The molecule has 1 saturated carbocycles. The monoisotopic (exact) mass is 698 g/mol. The van der Waals surface area contributed by atoms with Gasteiger partial charge in [-0.25, -0.2) is 0 Å². The van der Waals surface area contributed by atoms with E-state index in [0.29, 0.717) is 22.4 Å². The molecular formula is C44H42O8. The molecule has 0 aromatic heterocycles. The quantitative estimate of drug-likeness (QED) is 0.177. The van der Waals surface area contributed by atoms with E-state index in [1.165, 1.54) is 0 Å². The largest absolute Gasteiger partial charge is 0.508 e. The third-order valence-electron chi connectivity index (χ3n) is 11.1. The van der Waals surface area contributed by atoms with Crippen LogP contribution < -0.4 is 4.74 Å². The van der Waals surface area contributed by atoms with E-state index in [1.54, 1.807) is 65.1 Å². The molecule has 0 amide bonds. The van der Waals surface area contributed by atoms with Crippen molar-refractivity contribution in [2.24, 2.45) is 22.7 Å². The number of ketones is 3. The average molecular weight is 699 g/mol. The van der Waals surface area contributed by atoms with Gasteiger partial charge < -0.3 is 25.2 Å². The molecule has 0 spiro atoms. The van der Waals surface area contributed by atoms with E-state index in [1.807, 2.05) is 24.3 Å². The number of Topliss-reactive ketones (excluding diaryl/α,β-unsaturated/α-hetero) is 3. The Morgan fingerprint density at radius 1 is 0.923 bits per heavy atom. The van der Waals surface area contributed by atoms with Gasteiger partial charge in [0.25, 0.3) is 0 Å². The normalized spacial score (nSPS) is 25.0. The van der Waals surface area contributed by atoms with Gasteiger partial charge in [-0.1, -0.05) is 70.4 Å². The van der Waals surface area contributed by atoms with Gasteiger partial charge in [0, 0.05) is 39.0 Å². The smallest absolute Gasteiger partial charge is 0.203 e. The fourth-order valence-corrected chi connectivity index (χ4v) is 8.77. The molecule has 266 valence electrons. The molecule has 52 heavy (non-hydrogen) atoms. The summed E-state index contributed by atoms with van der Waals surface area (Å²) in [5.41, 5.74) is -2.69.